The summed E-state index contributed by atoms with van der Waals surface area (Å²) in [4.78, 5) is 39.5. The van der Waals surface area contributed by atoms with Crippen molar-refractivity contribution in [2.24, 2.45) is 23.7 Å². The van der Waals surface area contributed by atoms with Crippen molar-refractivity contribution in [3.05, 3.63) is 18.5 Å². The molecule has 0 N–H and O–H groups in total. The standard InChI is InChI=1S/C21H29N5O2/c27-19-17-15-4-5-16(14-15)18(17)20(28)26(19)9-2-1-8-24-10-12-25(13-11-24)21-22-6-3-7-23-21/h3,6-7,15-18H,1-2,4-5,8-14H2/t15-,16-,17-,18+/m1/s1/i4D,5D,8D2/t4?,5?,15-,16-,17-,18+. The summed E-state index contributed by atoms with van der Waals surface area (Å²) in [5.41, 5.74) is 0. The highest BCUT2D eigenvalue weighted by molar-refractivity contribution is 6.06. The van der Waals surface area contributed by atoms with E-state index in [2.05, 4.69) is 9.97 Å². The number of carbonyl (C=O) groups excluding carboxylic acids is 2. The van der Waals surface area contributed by atoms with Gasteiger partial charge in [0.25, 0.3) is 0 Å². The molecule has 4 fully saturated rings. The minimum Gasteiger partial charge on any atom is -0.338 e. The van der Waals surface area contributed by atoms with Crippen LogP contribution in [0.25, 0.3) is 0 Å². The fourth-order valence-corrected chi connectivity index (χ4v) is 5.18. The number of fused-ring (bicyclic) bond motifs is 5. The van der Waals surface area contributed by atoms with E-state index in [-0.39, 0.29) is 36.6 Å². The predicted octanol–water partition coefficient (Wildman–Crippen LogP) is 1.41. The average molecular weight is 388 g/mol. The minimum atomic E-state index is -1.52. The van der Waals surface area contributed by atoms with Crippen molar-refractivity contribution in [3.63, 3.8) is 0 Å². The molecule has 2 bridgehead atoms. The third-order valence-electron chi connectivity index (χ3n) is 6.57. The van der Waals surface area contributed by atoms with Crippen LogP contribution in [0.2, 0.25) is 0 Å². The number of hydrogen-bond acceptors (Lipinski definition) is 6. The summed E-state index contributed by atoms with van der Waals surface area (Å²) in [6.07, 6.45) is 3.52. The highest BCUT2D eigenvalue weighted by atomic mass is 16.2. The molecule has 7 nitrogen and oxygen atoms in total. The molecular formula is C21H29N5O2. The Labute approximate surface area is 171 Å². The zero-order chi connectivity index (χ0) is 22.6. The predicted molar refractivity (Wildman–Crippen MR) is 104 cm³/mol. The monoisotopic (exact) mass is 387 g/mol. The van der Waals surface area contributed by atoms with E-state index in [9.17, 15) is 9.59 Å². The van der Waals surface area contributed by atoms with Crippen LogP contribution in [-0.2, 0) is 9.59 Å². The van der Waals surface area contributed by atoms with Gasteiger partial charge in [0.05, 0.1) is 11.8 Å². The lowest BCUT2D eigenvalue weighted by molar-refractivity contribution is -0.140. The number of nitrogens with zero attached hydrogens (tertiary/aromatic N) is 5. The lowest BCUT2D eigenvalue weighted by atomic mass is 9.81. The Hall–Kier alpha value is -2.02. The second-order valence-electron chi connectivity index (χ2n) is 8.11. The number of rotatable bonds is 6. The van der Waals surface area contributed by atoms with Gasteiger partial charge in [-0.3, -0.25) is 19.4 Å². The Morgan fingerprint density at radius 3 is 2.29 bits per heavy atom. The van der Waals surface area contributed by atoms with E-state index >= 15 is 0 Å². The summed E-state index contributed by atoms with van der Waals surface area (Å²) in [6, 6.07) is 1.77. The number of likely N-dealkylation sites (tertiary alicyclic amines) is 1. The third kappa shape index (κ3) is 3.09. The van der Waals surface area contributed by atoms with Gasteiger partial charge in [-0.15, -0.1) is 0 Å². The van der Waals surface area contributed by atoms with Crippen molar-refractivity contribution in [1.82, 2.24) is 19.8 Å². The van der Waals surface area contributed by atoms with Crippen molar-refractivity contribution in [3.8, 4) is 0 Å². The normalized spacial score (nSPS) is 40.3. The van der Waals surface area contributed by atoms with E-state index in [1.807, 2.05) is 9.80 Å². The second kappa shape index (κ2) is 7.43. The summed E-state index contributed by atoms with van der Waals surface area (Å²) < 4.78 is 33.4. The van der Waals surface area contributed by atoms with Crippen LogP contribution >= 0.6 is 0 Å². The number of amides is 2. The topological polar surface area (TPSA) is 69.6 Å². The summed E-state index contributed by atoms with van der Waals surface area (Å²) in [6.45, 7) is 1.07. The van der Waals surface area contributed by atoms with Crippen molar-refractivity contribution >= 4 is 17.8 Å². The summed E-state index contributed by atoms with van der Waals surface area (Å²) in [5.74, 6) is -0.954. The molecule has 150 valence electrons. The fraction of sp³-hybridized carbons (Fsp3) is 0.714. The van der Waals surface area contributed by atoms with Crippen LogP contribution < -0.4 is 4.90 Å². The van der Waals surface area contributed by atoms with Gasteiger partial charge in [-0.1, -0.05) is 0 Å². The largest absolute Gasteiger partial charge is 0.338 e. The van der Waals surface area contributed by atoms with E-state index in [0.717, 1.165) is 0 Å². The van der Waals surface area contributed by atoms with Gasteiger partial charge in [0.2, 0.25) is 17.8 Å². The molecule has 2 unspecified atom stereocenters. The number of aromatic nitrogens is 2. The first kappa shape index (κ1) is 14.0. The maximum absolute atomic E-state index is 12.9. The molecule has 1 aromatic heterocycles. The number of carbonyl (C=O) groups is 2. The van der Waals surface area contributed by atoms with E-state index in [4.69, 9.17) is 5.48 Å². The molecule has 2 saturated heterocycles. The van der Waals surface area contributed by atoms with Gasteiger partial charge in [-0.25, -0.2) is 9.97 Å². The van der Waals surface area contributed by atoms with Gasteiger partial charge >= 0.3 is 0 Å². The van der Waals surface area contributed by atoms with Gasteiger partial charge in [0.15, 0.2) is 0 Å². The first-order chi connectivity index (χ1) is 15.3. The van der Waals surface area contributed by atoms with Crippen LogP contribution in [0, 0.1) is 23.7 Å². The molecule has 3 heterocycles. The van der Waals surface area contributed by atoms with E-state index in [1.54, 1.807) is 18.5 Å². The fourth-order valence-electron chi connectivity index (χ4n) is 5.18. The van der Waals surface area contributed by atoms with Crippen molar-refractivity contribution in [2.45, 2.75) is 32.1 Å². The Balaban J connectivity index is 1.14. The Morgan fingerprint density at radius 1 is 1.00 bits per heavy atom. The van der Waals surface area contributed by atoms with Gasteiger partial charge in [0, 0.05) is 50.6 Å². The lowest BCUT2D eigenvalue weighted by Crippen LogP contribution is -2.47. The molecule has 7 heteroatoms. The van der Waals surface area contributed by atoms with Gasteiger partial charge in [0.1, 0.15) is 0 Å². The number of imide groups is 1. The molecule has 5 rings (SSSR count). The molecule has 0 radical (unpaired) electrons. The highest BCUT2D eigenvalue weighted by Gasteiger charge is 2.60. The van der Waals surface area contributed by atoms with Crippen LogP contribution in [0.3, 0.4) is 0 Å². The maximum atomic E-state index is 12.9. The molecule has 4 aliphatic rings. The molecule has 2 aliphatic heterocycles. The van der Waals surface area contributed by atoms with E-state index in [0.29, 0.717) is 45.0 Å². The molecule has 6 atom stereocenters. The zero-order valence-electron chi connectivity index (χ0n) is 19.9. The SMILES string of the molecule is [2H]C1C([2H])[C@@H]2C[C@@H]1[C@@H]1C(=O)N(CCCC([2H])([2H])N3CCN(c4ncccn4)CC3)C(=O)[C@@H]12. The Morgan fingerprint density at radius 2 is 1.64 bits per heavy atom. The van der Waals surface area contributed by atoms with Crippen molar-refractivity contribution < 1.29 is 15.1 Å². The number of piperazine rings is 1. The smallest absolute Gasteiger partial charge is 0.233 e. The highest BCUT2D eigenvalue weighted by Crippen LogP contribution is 2.56. The Bertz CT molecular complexity index is 850. The molecule has 2 saturated carbocycles. The van der Waals surface area contributed by atoms with E-state index < -0.39 is 31.1 Å². The molecule has 0 aromatic carbocycles. The van der Waals surface area contributed by atoms with Crippen LogP contribution in [0.15, 0.2) is 18.5 Å². The summed E-state index contributed by atoms with van der Waals surface area (Å²) >= 11 is 0. The number of anilines is 1. The van der Waals surface area contributed by atoms with Crippen LogP contribution in [0.1, 0.15) is 37.5 Å². The first-order valence-electron chi connectivity index (χ1n) is 12.4. The first-order valence-corrected chi connectivity index (χ1v) is 10.3. The Kier molecular flexibility index (Phi) is 3.72. The van der Waals surface area contributed by atoms with Crippen LogP contribution in [0.5, 0.6) is 0 Å². The molecular weight excluding hydrogens is 354 g/mol. The lowest BCUT2D eigenvalue weighted by Gasteiger charge is -2.34. The second-order valence-corrected chi connectivity index (χ2v) is 8.11. The van der Waals surface area contributed by atoms with Gasteiger partial charge in [-0.05, 0) is 56.5 Å². The summed E-state index contributed by atoms with van der Waals surface area (Å²) in [7, 11) is 0. The minimum absolute atomic E-state index is 0.176. The summed E-state index contributed by atoms with van der Waals surface area (Å²) in [5, 5.41) is 0. The average Bonchev–Trinajstić information content (AvgIpc) is 3.40. The van der Waals surface area contributed by atoms with Crippen LogP contribution in [0.4, 0.5) is 5.95 Å². The third-order valence-corrected chi connectivity index (χ3v) is 6.57. The van der Waals surface area contributed by atoms with Crippen molar-refractivity contribution in [1.29, 1.82) is 0 Å². The van der Waals surface area contributed by atoms with Crippen LogP contribution in [-0.4, -0.2) is 70.8 Å². The molecule has 1 aromatic rings. The quantitative estimate of drug-likeness (QED) is 0.688. The molecule has 2 amide bonds. The molecule has 2 aliphatic carbocycles. The number of hydrogen-bond donors (Lipinski definition) is 0. The van der Waals surface area contributed by atoms with Gasteiger partial charge < -0.3 is 4.90 Å². The molecule has 28 heavy (non-hydrogen) atoms. The van der Waals surface area contributed by atoms with E-state index in [1.165, 1.54) is 4.90 Å². The zero-order valence-corrected chi connectivity index (χ0v) is 15.9. The maximum Gasteiger partial charge on any atom is 0.233 e. The van der Waals surface area contributed by atoms with Gasteiger partial charge in [-0.2, -0.15) is 0 Å². The molecule has 0 spiro atoms. The van der Waals surface area contributed by atoms with Crippen molar-refractivity contribution in [2.75, 3.05) is 44.1 Å².